The lowest BCUT2D eigenvalue weighted by atomic mass is 9.80. The number of benzene rings is 2. The Hall–Kier alpha value is -5.43. The predicted octanol–water partition coefficient (Wildman–Crippen LogP) is 3.18. The molecule has 0 saturated heterocycles. The second kappa shape index (κ2) is 11.4. The highest BCUT2D eigenvalue weighted by atomic mass is 16.5. The fourth-order valence-electron chi connectivity index (χ4n) is 5.32. The number of amides is 1. The Morgan fingerprint density at radius 2 is 1.76 bits per heavy atom. The van der Waals surface area contributed by atoms with Crippen molar-refractivity contribution < 1.29 is 23.9 Å². The third-order valence-corrected chi connectivity index (χ3v) is 7.23. The van der Waals surface area contributed by atoms with E-state index in [-0.39, 0.29) is 35.1 Å². The minimum atomic E-state index is -0.979. The molecule has 2 aliphatic rings. The van der Waals surface area contributed by atoms with Crippen molar-refractivity contribution in [3.63, 3.8) is 0 Å². The number of nitrogens with two attached hydrogens (primary N) is 1. The lowest BCUT2D eigenvalue weighted by Crippen LogP contribution is -2.41. The van der Waals surface area contributed by atoms with Crippen LogP contribution < -0.4 is 10.6 Å². The summed E-state index contributed by atoms with van der Waals surface area (Å²) in [6.45, 7) is 0.648. The third-order valence-electron chi connectivity index (χ3n) is 7.23. The van der Waals surface area contributed by atoms with E-state index in [0.29, 0.717) is 35.3 Å². The van der Waals surface area contributed by atoms with Gasteiger partial charge in [0, 0.05) is 42.5 Å². The molecule has 2 aliphatic heterocycles. The van der Waals surface area contributed by atoms with Gasteiger partial charge in [0.25, 0.3) is 5.91 Å². The zero-order valence-electron chi connectivity index (χ0n) is 22.5. The van der Waals surface area contributed by atoms with Crippen molar-refractivity contribution in [2.24, 2.45) is 5.73 Å². The van der Waals surface area contributed by atoms with Crippen molar-refractivity contribution in [1.29, 1.82) is 5.26 Å². The lowest BCUT2D eigenvalue weighted by molar-refractivity contribution is -0.139. The number of carbonyl (C=O) groups is 3. The zero-order valence-corrected chi connectivity index (χ0v) is 22.5. The van der Waals surface area contributed by atoms with E-state index in [0.717, 1.165) is 5.69 Å². The van der Waals surface area contributed by atoms with Crippen LogP contribution in [-0.4, -0.2) is 48.5 Å². The van der Waals surface area contributed by atoms with Gasteiger partial charge in [-0.1, -0.05) is 42.5 Å². The van der Waals surface area contributed by atoms with Gasteiger partial charge in [0.15, 0.2) is 0 Å². The van der Waals surface area contributed by atoms with Crippen LogP contribution in [-0.2, 0) is 32.0 Å². The number of aromatic nitrogens is 1. The molecule has 3 aromatic rings. The molecule has 41 heavy (non-hydrogen) atoms. The number of rotatable bonds is 7. The second-order valence-electron chi connectivity index (χ2n) is 9.44. The molecule has 0 aliphatic carbocycles. The number of ether oxygens (including phenoxy) is 2. The molecule has 10 heteroatoms. The van der Waals surface area contributed by atoms with E-state index in [2.05, 4.69) is 11.1 Å². The SMILES string of the molecule is COC(=O)C1=C(C(=O)OC)N(c2cccc3c2CN(CCc2ccccn2)C3=O)C(N)=C(C#N)C1c1ccccc1. The summed E-state index contributed by atoms with van der Waals surface area (Å²) in [5, 5.41) is 10.3. The summed E-state index contributed by atoms with van der Waals surface area (Å²) in [5.74, 6) is -2.88. The average Bonchev–Trinajstić information content (AvgIpc) is 3.34. The number of carbonyl (C=O) groups excluding carboxylic acids is 3. The van der Waals surface area contributed by atoms with Crippen LogP contribution in [0.5, 0.6) is 0 Å². The van der Waals surface area contributed by atoms with Crippen LogP contribution in [0.1, 0.15) is 33.1 Å². The number of pyridine rings is 1. The van der Waals surface area contributed by atoms with Crippen LogP contribution in [0.25, 0.3) is 0 Å². The minimum absolute atomic E-state index is 0.0535. The summed E-state index contributed by atoms with van der Waals surface area (Å²) in [4.78, 5) is 47.5. The van der Waals surface area contributed by atoms with E-state index >= 15 is 0 Å². The van der Waals surface area contributed by atoms with Crippen LogP contribution >= 0.6 is 0 Å². The highest BCUT2D eigenvalue weighted by molar-refractivity contribution is 6.07. The Kier molecular flexibility index (Phi) is 7.52. The molecule has 3 heterocycles. The van der Waals surface area contributed by atoms with Crippen molar-refractivity contribution in [2.45, 2.75) is 18.9 Å². The lowest BCUT2D eigenvalue weighted by Gasteiger charge is -2.36. The summed E-state index contributed by atoms with van der Waals surface area (Å²) in [6.07, 6.45) is 2.26. The minimum Gasteiger partial charge on any atom is -0.466 e. The molecule has 5 rings (SSSR count). The number of anilines is 1. The Balaban J connectivity index is 1.66. The average molecular weight is 550 g/mol. The molecule has 2 aromatic carbocycles. The van der Waals surface area contributed by atoms with Gasteiger partial charge in [-0.15, -0.1) is 0 Å². The Labute approximate surface area is 236 Å². The van der Waals surface area contributed by atoms with Crippen LogP contribution in [0.4, 0.5) is 5.69 Å². The van der Waals surface area contributed by atoms with Gasteiger partial charge in [-0.05, 0) is 29.8 Å². The van der Waals surface area contributed by atoms with E-state index in [1.807, 2.05) is 18.2 Å². The van der Waals surface area contributed by atoms with Gasteiger partial charge in [0.05, 0.1) is 43.0 Å². The number of esters is 2. The summed E-state index contributed by atoms with van der Waals surface area (Å²) in [6, 6.07) is 21.6. The summed E-state index contributed by atoms with van der Waals surface area (Å²) in [5.41, 5.74) is 9.28. The molecule has 2 N–H and O–H groups in total. The number of hydrogen-bond donors (Lipinski definition) is 1. The third kappa shape index (κ3) is 4.78. The fourth-order valence-corrected chi connectivity index (χ4v) is 5.32. The highest BCUT2D eigenvalue weighted by Crippen LogP contribution is 2.45. The van der Waals surface area contributed by atoms with Gasteiger partial charge in [-0.2, -0.15) is 5.26 Å². The van der Waals surface area contributed by atoms with Gasteiger partial charge in [-0.25, -0.2) is 9.59 Å². The van der Waals surface area contributed by atoms with Crippen LogP contribution in [0.15, 0.2) is 95.6 Å². The monoisotopic (exact) mass is 549 g/mol. The first kappa shape index (κ1) is 27.1. The Morgan fingerprint density at radius 3 is 2.41 bits per heavy atom. The Bertz CT molecular complexity index is 1630. The van der Waals surface area contributed by atoms with Crippen molar-refractivity contribution in [2.75, 3.05) is 25.7 Å². The molecule has 1 unspecified atom stereocenters. The van der Waals surface area contributed by atoms with Crippen LogP contribution in [0.3, 0.4) is 0 Å². The predicted molar refractivity (Wildman–Crippen MR) is 149 cm³/mol. The van der Waals surface area contributed by atoms with Crippen molar-refractivity contribution in [3.8, 4) is 6.07 Å². The standard InChI is InChI=1S/C31H27N5O5/c1-40-30(38)26-25(19-9-4-3-5-10-19)22(17-32)28(33)36(27(26)31(39)41-2)24-13-8-12-21-23(24)18-35(29(21)37)16-14-20-11-6-7-15-34-20/h3-13,15,25H,14,16,18,33H2,1-2H3. The van der Waals surface area contributed by atoms with E-state index in [1.54, 1.807) is 59.6 Å². The van der Waals surface area contributed by atoms with Crippen LogP contribution in [0.2, 0.25) is 0 Å². The Morgan fingerprint density at radius 1 is 1.02 bits per heavy atom. The first-order valence-electron chi connectivity index (χ1n) is 12.9. The second-order valence-corrected chi connectivity index (χ2v) is 9.44. The number of methoxy groups -OCH3 is 2. The number of nitriles is 1. The maximum atomic E-state index is 13.4. The molecular weight excluding hydrogens is 522 g/mol. The zero-order chi connectivity index (χ0) is 29.1. The smallest absolute Gasteiger partial charge is 0.355 e. The van der Waals surface area contributed by atoms with E-state index in [9.17, 15) is 19.6 Å². The fraction of sp³-hybridized carbons (Fsp3) is 0.194. The molecule has 0 spiro atoms. The molecule has 1 aromatic heterocycles. The maximum absolute atomic E-state index is 13.4. The van der Waals surface area contributed by atoms with Crippen LogP contribution in [0, 0.1) is 11.3 Å². The summed E-state index contributed by atoms with van der Waals surface area (Å²) < 4.78 is 10.2. The highest BCUT2D eigenvalue weighted by Gasteiger charge is 2.44. The molecule has 0 fully saturated rings. The normalized spacial score (nSPS) is 16.4. The first-order valence-corrected chi connectivity index (χ1v) is 12.9. The topological polar surface area (TPSA) is 139 Å². The molecule has 206 valence electrons. The van der Waals surface area contributed by atoms with Crippen molar-refractivity contribution in [1.82, 2.24) is 9.88 Å². The molecule has 1 atom stereocenters. The van der Waals surface area contributed by atoms with Gasteiger partial charge >= 0.3 is 11.9 Å². The van der Waals surface area contributed by atoms with Gasteiger partial charge in [-0.3, -0.25) is 14.7 Å². The molecular formula is C31H27N5O5. The van der Waals surface area contributed by atoms with Gasteiger partial charge < -0.3 is 20.1 Å². The van der Waals surface area contributed by atoms with Crippen molar-refractivity contribution >= 4 is 23.5 Å². The molecule has 0 bridgehead atoms. The molecule has 0 saturated carbocycles. The maximum Gasteiger partial charge on any atom is 0.355 e. The largest absolute Gasteiger partial charge is 0.466 e. The van der Waals surface area contributed by atoms with E-state index in [1.165, 1.54) is 19.1 Å². The molecule has 0 radical (unpaired) electrons. The number of nitrogens with zero attached hydrogens (tertiary/aromatic N) is 4. The number of hydrogen-bond acceptors (Lipinski definition) is 9. The molecule has 10 nitrogen and oxygen atoms in total. The number of fused-ring (bicyclic) bond motifs is 1. The van der Waals surface area contributed by atoms with Gasteiger partial charge in [0.2, 0.25) is 0 Å². The quantitative estimate of drug-likeness (QED) is 0.440. The first-order chi connectivity index (χ1) is 19.9. The number of allylic oxidation sites excluding steroid dienone is 1. The molecule has 1 amide bonds. The van der Waals surface area contributed by atoms with E-state index < -0.39 is 17.9 Å². The summed E-state index contributed by atoms with van der Waals surface area (Å²) in [7, 11) is 2.39. The summed E-state index contributed by atoms with van der Waals surface area (Å²) >= 11 is 0. The van der Waals surface area contributed by atoms with Gasteiger partial charge in [0.1, 0.15) is 11.5 Å². The van der Waals surface area contributed by atoms with E-state index in [4.69, 9.17) is 15.2 Å². The van der Waals surface area contributed by atoms with Crippen molar-refractivity contribution in [3.05, 3.63) is 118 Å².